The summed E-state index contributed by atoms with van der Waals surface area (Å²) in [5.41, 5.74) is 15.4. The lowest BCUT2D eigenvalue weighted by atomic mass is 9.89. The number of rotatable bonds is 7. The Bertz CT molecular complexity index is 3960. The number of para-hydroxylation sites is 3. The second-order valence-corrected chi connectivity index (χ2v) is 16.8. The van der Waals surface area contributed by atoms with Gasteiger partial charge >= 0.3 is 0 Å². The maximum Gasteiger partial charge on any atom is 0.136 e. The van der Waals surface area contributed by atoms with Gasteiger partial charge in [-0.3, -0.25) is 0 Å². The van der Waals surface area contributed by atoms with Gasteiger partial charge in [-0.1, -0.05) is 176 Å². The van der Waals surface area contributed by atoms with Crippen LogP contribution in [0.1, 0.15) is 0 Å². The molecule has 0 aliphatic rings. The van der Waals surface area contributed by atoms with E-state index < -0.39 is 0 Å². The molecule has 0 radical (unpaired) electrons. The molecule has 0 atom stereocenters. The highest BCUT2D eigenvalue weighted by molar-refractivity contribution is 6.12. The van der Waals surface area contributed by atoms with Gasteiger partial charge < -0.3 is 13.9 Å². The summed E-state index contributed by atoms with van der Waals surface area (Å²) in [7, 11) is 0. The normalized spacial score (nSPS) is 11.7. The average Bonchev–Trinajstić information content (AvgIpc) is 3.92. The van der Waals surface area contributed by atoms with Crippen LogP contribution >= 0.6 is 0 Å². The minimum atomic E-state index is 0.875. The summed E-state index contributed by atoms with van der Waals surface area (Å²) in [5.74, 6) is 0. The molecule has 65 heavy (non-hydrogen) atoms. The molecule has 2 heterocycles. The van der Waals surface area contributed by atoms with Gasteiger partial charge in [0, 0.05) is 43.9 Å². The number of benzene rings is 11. The first-order valence-electron chi connectivity index (χ1n) is 22.2. The Hall–Kier alpha value is -8.66. The summed E-state index contributed by atoms with van der Waals surface area (Å²) < 4.78 is 8.91. The molecule has 304 valence electrons. The molecular formula is C62H40N2O. The molecule has 0 saturated heterocycles. The molecule has 0 fully saturated rings. The van der Waals surface area contributed by atoms with Crippen LogP contribution < -0.4 is 4.90 Å². The van der Waals surface area contributed by atoms with Crippen molar-refractivity contribution < 1.29 is 4.42 Å². The van der Waals surface area contributed by atoms with Gasteiger partial charge in [-0.05, 0) is 111 Å². The number of aromatic nitrogens is 1. The minimum Gasteiger partial charge on any atom is -0.456 e. The summed E-state index contributed by atoms with van der Waals surface area (Å²) in [6, 6.07) is 88.0. The van der Waals surface area contributed by atoms with Crippen LogP contribution in [0.25, 0.3) is 104 Å². The summed E-state index contributed by atoms with van der Waals surface area (Å²) in [6.07, 6.45) is 0. The van der Waals surface area contributed by atoms with Crippen molar-refractivity contribution >= 4 is 82.4 Å². The predicted molar refractivity (Wildman–Crippen MR) is 274 cm³/mol. The first-order chi connectivity index (χ1) is 32.2. The summed E-state index contributed by atoms with van der Waals surface area (Å²) in [5, 5.41) is 9.47. The molecule has 0 unspecified atom stereocenters. The highest BCUT2D eigenvalue weighted by Gasteiger charge is 2.24. The second kappa shape index (κ2) is 15.0. The van der Waals surface area contributed by atoms with E-state index in [1.807, 2.05) is 12.1 Å². The van der Waals surface area contributed by atoms with Crippen molar-refractivity contribution in [3.05, 3.63) is 243 Å². The van der Waals surface area contributed by atoms with E-state index in [4.69, 9.17) is 4.42 Å². The zero-order valence-corrected chi connectivity index (χ0v) is 35.4. The largest absolute Gasteiger partial charge is 0.456 e. The van der Waals surface area contributed by atoms with Crippen molar-refractivity contribution in [3.8, 4) is 39.1 Å². The Morgan fingerprint density at radius 1 is 0.323 bits per heavy atom. The monoisotopic (exact) mass is 828 g/mol. The number of anilines is 3. The van der Waals surface area contributed by atoms with Gasteiger partial charge in [-0.2, -0.15) is 0 Å². The maximum atomic E-state index is 6.51. The van der Waals surface area contributed by atoms with E-state index in [0.29, 0.717) is 0 Å². The lowest BCUT2D eigenvalue weighted by Crippen LogP contribution is -2.12. The molecule has 0 N–H and O–H groups in total. The van der Waals surface area contributed by atoms with E-state index in [1.54, 1.807) is 0 Å². The lowest BCUT2D eigenvalue weighted by Gasteiger charge is -2.31. The quantitative estimate of drug-likeness (QED) is 0.160. The molecule has 11 aromatic carbocycles. The van der Waals surface area contributed by atoms with Crippen LogP contribution in [-0.2, 0) is 0 Å². The molecular weight excluding hydrogens is 789 g/mol. The number of furan rings is 1. The highest BCUT2D eigenvalue weighted by Crippen LogP contribution is 2.49. The molecule has 0 saturated carbocycles. The van der Waals surface area contributed by atoms with E-state index in [9.17, 15) is 0 Å². The van der Waals surface area contributed by atoms with Crippen LogP contribution in [0.5, 0.6) is 0 Å². The molecule has 0 amide bonds. The molecule has 2 aromatic heterocycles. The molecule has 3 heteroatoms. The molecule has 0 spiro atoms. The van der Waals surface area contributed by atoms with Gasteiger partial charge in [-0.15, -0.1) is 0 Å². The Labute approximate surface area is 376 Å². The van der Waals surface area contributed by atoms with Gasteiger partial charge in [-0.25, -0.2) is 0 Å². The highest BCUT2D eigenvalue weighted by atomic mass is 16.3. The Kier molecular flexibility index (Phi) is 8.53. The van der Waals surface area contributed by atoms with Crippen LogP contribution in [0, 0.1) is 0 Å². The van der Waals surface area contributed by atoms with Crippen molar-refractivity contribution in [1.29, 1.82) is 0 Å². The third-order valence-corrected chi connectivity index (χ3v) is 13.2. The Morgan fingerprint density at radius 3 is 1.78 bits per heavy atom. The topological polar surface area (TPSA) is 21.3 Å². The van der Waals surface area contributed by atoms with Crippen LogP contribution in [0.4, 0.5) is 17.1 Å². The lowest BCUT2D eigenvalue weighted by molar-refractivity contribution is 0.669. The minimum absolute atomic E-state index is 0.875. The van der Waals surface area contributed by atoms with E-state index in [2.05, 4.69) is 240 Å². The number of fused-ring (bicyclic) bond motifs is 8. The van der Waals surface area contributed by atoms with E-state index in [1.165, 1.54) is 48.9 Å². The molecule has 3 nitrogen and oxygen atoms in total. The van der Waals surface area contributed by atoms with Crippen molar-refractivity contribution in [1.82, 2.24) is 4.57 Å². The fourth-order valence-electron chi connectivity index (χ4n) is 10.2. The van der Waals surface area contributed by atoms with Crippen LogP contribution in [0.2, 0.25) is 0 Å². The molecule has 0 aliphatic carbocycles. The summed E-state index contributed by atoms with van der Waals surface area (Å²) in [6.45, 7) is 0. The SMILES string of the molecule is c1ccc(-n2c3ccccc3c3ccc(-c4cccc(N(c5cccc(-c6ccc7c(c6)oc6ccccc67)c5-c5cccc6ccccc56)c5cccc6ccccc56)c4)cc32)cc1. The van der Waals surface area contributed by atoms with E-state index in [0.717, 1.165) is 72.5 Å². The summed E-state index contributed by atoms with van der Waals surface area (Å²) in [4.78, 5) is 2.48. The fraction of sp³-hybridized carbons (Fsp3) is 0. The number of hydrogen-bond donors (Lipinski definition) is 0. The number of nitrogens with zero attached hydrogens (tertiary/aromatic N) is 2. The third-order valence-electron chi connectivity index (χ3n) is 13.2. The number of hydrogen-bond acceptors (Lipinski definition) is 2. The van der Waals surface area contributed by atoms with Gasteiger partial charge in [0.05, 0.1) is 22.4 Å². The van der Waals surface area contributed by atoms with Crippen molar-refractivity contribution in [2.24, 2.45) is 0 Å². The molecule has 13 aromatic rings. The van der Waals surface area contributed by atoms with Crippen molar-refractivity contribution in [3.63, 3.8) is 0 Å². The Morgan fingerprint density at radius 2 is 0.908 bits per heavy atom. The van der Waals surface area contributed by atoms with Crippen LogP contribution in [-0.4, -0.2) is 4.57 Å². The van der Waals surface area contributed by atoms with Gasteiger partial charge in [0.2, 0.25) is 0 Å². The summed E-state index contributed by atoms with van der Waals surface area (Å²) >= 11 is 0. The van der Waals surface area contributed by atoms with Crippen LogP contribution in [0.3, 0.4) is 0 Å². The molecule has 13 rings (SSSR count). The van der Waals surface area contributed by atoms with E-state index >= 15 is 0 Å². The van der Waals surface area contributed by atoms with Crippen molar-refractivity contribution in [2.75, 3.05) is 4.90 Å². The zero-order valence-electron chi connectivity index (χ0n) is 35.4. The Balaban J connectivity index is 1.07. The van der Waals surface area contributed by atoms with Gasteiger partial charge in [0.1, 0.15) is 11.2 Å². The van der Waals surface area contributed by atoms with Gasteiger partial charge in [0.15, 0.2) is 0 Å². The first kappa shape index (κ1) is 36.9. The fourth-order valence-corrected chi connectivity index (χ4v) is 10.2. The smallest absolute Gasteiger partial charge is 0.136 e. The average molecular weight is 829 g/mol. The van der Waals surface area contributed by atoms with Crippen molar-refractivity contribution in [2.45, 2.75) is 0 Å². The second-order valence-electron chi connectivity index (χ2n) is 16.8. The standard InChI is InChI=1S/C62H40N2O/c1-2-21-46(22-3-1)63-57-30-10-8-26-51(57)52-36-34-44(39-59(52)63)43-20-12-23-47(38-43)64(56-31-14-19-42-17-5-7-25-49(42)56)58-32-15-28-50(62(58)55-29-13-18-41-16-4-6-24-48(41)55)45-35-37-54-53-27-9-11-33-60(53)65-61(54)40-45/h1-40H. The third kappa shape index (κ3) is 6.05. The maximum absolute atomic E-state index is 6.51. The molecule has 0 bridgehead atoms. The zero-order chi connectivity index (χ0) is 42.8. The first-order valence-corrected chi connectivity index (χ1v) is 22.2. The van der Waals surface area contributed by atoms with Gasteiger partial charge in [0.25, 0.3) is 0 Å². The van der Waals surface area contributed by atoms with Crippen LogP contribution in [0.15, 0.2) is 247 Å². The molecule has 0 aliphatic heterocycles. The predicted octanol–water partition coefficient (Wildman–Crippen LogP) is 17.5. The van der Waals surface area contributed by atoms with E-state index in [-0.39, 0.29) is 0 Å².